The normalized spacial score (nSPS) is 18.4. The molecule has 0 spiro atoms. The molecule has 1 aliphatic heterocycles. The molecule has 2 amide bonds. The molecule has 1 aromatic rings. The highest BCUT2D eigenvalue weighted by molar-refractivity contribution is 5.95. The third-order valence-electron chi connectivity index (χ3n) is 3.36. The Morgan fingerprint density at radius 2 is 2.05 bits per heavy atom. The van der Waals surface area contributed by atoms with E-state index in [1.165, 1.54) is 6.92 Å². The monoisotopic (exact) mass is 276 g/mol. The van der Waals surface area contributed by atoms with Gasteiger partial charge in [-0.3, -0.25) is 4.79 Å². The van der Waals surface area contributed by atoms with Crippen molar-refractivity contribution >= 4 is 17.5 Å². The van der Waals surface area contributed by atoms with Crippen molar-refractivity contribution < 1.29 is 14.3 Å². The zero-order valence-electron chi connectivity index (χ0n) is 11.6. The lowest BCUT2D eigenvalue weighted by Gasteiger charge is -2.22. The van der Waals surface area contributed by atoms with E-state index < -0.39 is 0 Å². The molecule has 2 rings (SSSR count). The number of rotatable bonds is 4. The van der Waals surface area contributed by atoms with E-state index in [1.807, 2.05) is 0 Å². The van der Waals surface area contributed by atoms with Crippen molar-refractivity contribution in [3.63, 3.8) is 0 Å². The van der Waals surface area contributed by atoms with Crippen LogP contribution in [0.3, 0.4) is 0 Å². The highest BCUT2D eigenvalue weighted by Crippen LogP contribution is 2.13. The van der Waals surface area contributed by atoms with E-state index in [1.54, 1.807) is 24.3 Å². The molecule has 1 saturated heterocycles. The zero-order chi connectivity index (χ0) is 14.4. The lowest BCUT2D eigenvalue weighted by molar-refractivity contribution is 0.0559. The number of amides is 2. The van der Waals surface area contributed by atoms with Gasteiger partial charge in [0.15, 0.2) is 5.78 Å². The number of anilines is 1. The second-order valence-electron chi connectivity index (χ2n) is 5.05. The van der Waals surface area contributed by atoms with Crippen LogP contribution in [0.4, 0.5) is 10.5 Å². The van der Waals surface area contributed by atoms with Crippen LogP contribution in [0.1, 0.15) is 30.1 Å². The van der Waals surface area contributed by atoms with E-state index in [4.69, 9.17) is 4.74 Å². The summed E-state index contributed by atoms with van der Waals surface area (Å²) in [4.78, 5) is 22.9. The number of ether oxygens (including phenoxy) is 1. The van der Waals surface area contributed by atoms with Crippen LogP contribution in [-0.4, -0.2) is 31.6 Å². The predicted molar refractivity (Wildman–Crippen MR) is 77.0 cm³/mol. The summed E-state index contributed by atoms with van der Waals surface area (Å²) in [6.45, 7) is 3.68. The summed E-state index contributed by atoms with van der Waals surface area (Å²) in [5.41, 5.74) is 1.31. The van der Waals surface area contributed by atoms with Gasteiger partial charge in [-0.05, 0) is 49.9 Å². The second-order valence-corrected chi connectivity index (χ2v) is 5.05. The number of hydrogen-bond donors (Lipinski definition) is 2. The van der Waals surface area contributed by atoms with Crippen molar-refractivity contribution in [2.75, 3.05) is 25.1 Å². The molecule has 1 unspecified atom stereocenters. The van der Waals surface area contributed by atoms with E-state index >= 15 is 0 Å². The van der Waals surface area contributed by atoms with Gasteiger partial charge >= 0.3 is 6.03 Å². The van der Waals surface area contributed by atoms with Crippen molar-refractivity contribution in [3.8, 4) is 0 Å². The summed E-state index contributed by atoms with van der Waals surface area (Å²) in [7, 11) is 0. The molecule has 2 N–H and O–H groups in total. The first-order valence-electron chi connectivity index (χ1n) is 6.89. The Bertz CT molecular complexity index is 465. The molecular formula is C15H20N2O3. The summed E-state index contributed by atoms with van der Waals surface area (Å²) in [5.74, 6) is 0.410. The van der Waals surface area contributed by atoms with Crippen LogP contribution in [0.5, 0.6) is 0 Å². The highest BCUT2D eigenvalue weighted by atomic mass is 16.5. The minimum atomic E-state index is -0.230. The van der Waals surface area contributed by atoms with E-state index in [0.29, 0.717) is 30.3 Å². The van der Waals surface area contributed by atoms with Crippen LogP contribution in [0.25, 0.3) is 0 Å². The molecular weight excluding hydrogens is 256 g/mol. The number of hydrogen-bond acceptors (Lipinski definition) is 3. The van der Waals surface area contributed by atoms with Gasteiger partial charge in [0.05, 0.1) is 6.61 Å². The van der Waals surface area contributed by atoms with Gasteiger partial charge < -0.3 is 15.4 Å². The number of urea groups is 1. The first-order chi connectivity index (χ1) is 9.65. The first kappa shape index (κ1) is 14.5. The molecule has 0 radical (unpaired) electrons. The largest absolute Gasteiger partial charge is 0.381 e. The molecule has 5 nitrogen and oxygen atoms in total. The average Bonchev–Trinajstić information content (AvgIpc) is 2.47. The lowest BCUT2D eigenvalue weighted by atomic mass is 10.0. The van der Waals surface area contributed by atoms with Gasteiger partial charge in [0, 0.05) is 24.4 Å². The van der Waals surface area contributed by atoms with Crippen LogP contribution < -0.4 is 10.6 Å². The average molecular weight is 276 g/mol. The molecule has 108 valence electrons. The smallest absolute Gasteiger partial charge is 0.319 e. The van der Waals surface area contributed by atoms with E-state index in [2.05, 4.69) is 10.6 Å². The number of carbonyl (C=O) groups excluding carboxylic acids is 2. The van der Waals surface area contributed by atoms with Crippen LogP contribution in [-0.2, 0) is 4.74 Å². The third kappa shape index (κ3) is 4.35. The third-order valence-corrected chi connectivity index (χ3v) is 3.36. The molecule has 0 bridgehead atoms. The Morgan fingerprint density at radius 1 is 1.30 bits per heavy atom. The Hall–Kier alpha value is -1.88. The number of ketones is 1. The topological polar surface area (TPSA) is 67.4 Å². The predicted octanol–water partition coefficient (Wildman–Crippen LogP) is 2.44. The summed E-state index contributed by atoms with van der Waals surface area (Å²) < 4.78 is 5.36. The molecule has 1 heterocycles. The van der Waals surface area contributed by atoms with Crippen molar-refractivity contribution in [2.45, 2.75) is 19.8 Å². The van der Waals surface area contributed by atoms with Gasteiger partial charge in [-0.2, -0.15) is 0 Å². The van der Waals surface area contributed by atoms with Gasteiger partial charge in [-0.1, -0.05) is 0 Å². The molecule has 0 aliphatic carbocycles. The fourth-order valence-electron chi connectivity index (χ4n) is 2.17. The second kappa shape index (κ2) is 7.05. The Labute approximate surface area is 118 Å². The minimum Gasteiger partial charge on any atom is -0.381 e. The van der Waals surface area contributed by atoms with E-state index in [-0.39, 0.29) is 11.8 Å². The van der Waals surface area contributed by atoms with Gasteiger partial charge in [0.2, 0.25) is 0 Å². The minimum absolute atomic E-state index is 0.0123. The van der Waals surface area contributed by atoms with Crippen LogP contribution in [0.15, 0.2) is 24.3 Å². The summed E-state index contributed by atoms with van der Waals surface area (Å²) in [6, 6.07) is 6.62. The number of benzene rings is 1. The maximum atomic E-state index is 11.7. The SMILES string of the molecule is CC(=O)c1ccc(NC(=O)NCC2CCCOC2)cc1. The Balaban J connectivity index is 1.77. The summed E-state index contributed by atoms with van der Waals surface area (Å²) >= 11 is 0. The van der Waals surface area contributed by atoms with Crippen LogP contribution >= 0.6 is 0 Å². The van der Waals surface area contributed by atoms with Gasteiger partial charge in [0.1, 0.15) is 0 Å². The number of Topliss-reactive ketones (excluding diaryl/α,β-unsaturated/α-hetero) is 1. The molecule has 20 heavy (non-hydrogen) atoms. The van der Waals surface area contributed by atoms with Gasteiger partial charge in [0.25, 0.3) is 0 Å². The van der Waals surface area contributed by atoms with Crippen LogP contribution in [0.2, 0.25) is 0 Å². The zero-order valence-corrected chi connectivity index (χ0v) is 11.6. The fourth-order valence-corrected chi connectivity index (χ4v) is 2.17. The van der Waals surface area contributed by atoms with Gasteiger partial charge in [-0.25, -0.2) is 4.79 Å². The quantitative estimate of drug-likeness (QED) is 0.830. The van der Waals surface area contributed by atoms with E-state index in [0.717, 1.165) is 19.4 Å². The molecule has 1 atom stereocenters. The molecule has 1 fully saturated rings. The Kier molecular flexibility index (Phi) is 5.12. The van der Waals surface area contributed by atoms with Crippen LogP contribution in [0, 0.1) is 5.92 Å². The molecule has 1 aliphatic rings. The van der Waals surface area contributed by atoms with Gasteiger partial charge in [-0.15, -0.1) is 0 Å². The molecule has 5 heteroatoms. The standard InChI is InChI=1S/C15H20N2O3/c1-11(18)13-4-6-14(7-5-13)17-15(19)16-9-12-3-2-8-20-10-12/h4-7,12H,2-3,8-10H2,1H3,(H2,16,17,19). The summed E-state index contributed by atoms with van der Waals surface area (Å²) in [6.07, 6.45) is 2.15. The van der Waals surface area contributed by atoms with Crippen molar-refractivity contribution in [1.29, 1.82) is 0 Å². The Morgan fingerprint density at radius 3 is 2.65 bits per heavy atom. The highest BCUT2D eigenvalue weighted by Gasteiger charge is 2.14. The molecule has 1 aromatic carbocycles. The maximum absolute atomic E-state index is 11.7. The van der Waals surface area contributed by atoms with E-state index in [9.17, 15) is 9.59 Å². The van der Waals surface area contributed by atoms with Crippen molar-refractivity contribution in [3.05, 3.63) is 29.8 Å². The summed E-state index contributed by atoms with van der Waals surface area (Å²) in [5, 5.41) is 5.59. The van der Waals surface area contributed by atoms with Crippen molar-refractivity contribution in [1.82, 2.24) is 5.32 Å². The number of carbonyl (C=O) groups is 2. The lowest BCUT2D eigenvalue weighted by Crippen LogP contribution is -2.35. The number of nitrogens with one attached hydrogen (secondary N) is 2. The molecule has 0 saturated carbocycles. The molecule has 0 aromatic heterocycles. The first-order valence-corrected chi connectivity index (χ1v) is 6.89. The fraction of sp³-hybridized carbons (Fsp3) is 0.467. The maximum Gasteiger partial charge on any atom is 0.319 e. The van der Waals surface area contributed by atoms with Crippen molar-refractivity contribution in [2.24, 2.45) is 5.92 Å².